The second-order valence-electron chi connectivity index (χ2n) is 12.4. The highest BCUT2D eigenvalue weighted by atomic mass is 32.2. The molecule has 17 heteroatoms. The van der Waals surface area contributed by atoms with Gasteiger partial charge in [0, 0.05) is 72.4 Å². The molecule has 0 saturated heterocycles. The average molecular weight is 702 g/mol. The van der Waals surface area contributed by atoms with Crippen LogP contribution in [0.25, 0.3) is 33.3 Å². The number of ether oxygens (including phenoxy) is 1. The molecule has 0 aliphatic heterocycles. The van der Waals surface area contributed by atoms with Gasteiger partial charge in [-0.05, 0) is 52.3 Å². The van der Waals surface area contributed by atoms with Gasteiger partial charge >= 0.3 is 18.2 Å². The van der Waals surface area contributed by atoms with E-state index >= 15 is 0 Å². The van der Waals surface area contributed by atoms with Crippen molar-refractivity contribution in [2.75, 3.05) is 0 Å². The van der Waals surface area contributed by atoms with Gasteiger partial charge in [-0.15, -0.1) is 0 Å². The van der Waals surface area contributed by atoms with Crippen molar-refractivity contribution < 1.29 is 41.0 Å². The van der Waals surface area contributed by atoms with Gasteiger partial charge in [0.1, 0.15) is 5.60 Å². The van der Waals surface area contributed by atoms with Gasteiger partial charge in [0.15, 0.2) is 11.3 Å². The molecule has 5 rings (SSSR count). The van der Waals surface area contributed by atoms with E-state index in [2.05, 4.69) is 20.5 Å². The zero-order chi connectivity index (χ0) is 35.9. The van der Waals surface area contributed by atoms with Crippen molar-refractivity contribution >= 4 is 33.1 Å². The van der Waals surface area contributed by atoms with Crippen LogP contribution in [0.5, 0.6) is 0 Å². The zero-order valence-corrected chi connectivity index (χ0v) is 28.1. The van der Waals surface area contributed by atoms with Gasteiger partial charge in [-0.25, -0.2) is 22.2 Å². The van der Waals surface area contributed by atoms with Crippen molar-refractivity contribution in [2.45, 2.75) is 70.3 Å². The summed E-state index contributed by atoms with van der Waals surface area (Å²) in [7, 11) is -2.70. The molecule has 0 aliphatic rings. The summed E-state index contributed by atoms with van der Waals surface area (Å²) in [6, 6.07) is 7.50. The van der Waals surface area contributed by atoms with E-state index in [0.717, 1.165) is 26.6 Å². The molecule has 1 aromatic carbocycles. The number of alkyl halides is 3. The van der Waals surface area contributed by atoms with E-state index in [4.69, 9.17) is 9.84 Å². The molecular weight excluding hydrogens is 667 g/mol. The number of carbonyl (C=O) groups is 2. The molecule has 4 aromatic heterocycles. The number of nitrogens with one attached hydrogen (secondary N) is 1. The molecule has 0 fully saturated rings. The fraction of sp³-hybridized carbons (Fsp3) is 0.344. The van der Waals surface area contributed by atoms with Crippen LogP contribution in [-0.2, 0) is 45.9 Å². The van der Waals surface area contributed by atoms with Gasteiger partial charge in [0.2, 0.25) is 0 Å². The van der Waals surface area contributed by atoms with Crippen LogP contribution in [0.3, 0.4) is 0 Å². The van der Waals surface area contributed by atoms with Crippen molar-refractivity contribution in [3.63, 3.8) is 0 Å². The maximum atomic E-state index is 14.4. The SMILES string of the molecule is Cc1ccc(S(=O)(=O)n2cc(-c3cn(CCCC(=O)O)nc3C(F)(F)F)c3cc(-c4cn(C)nc4CNC(=O)OC(C)(C)C)cnc32)cc1. The van der Waals surface area contributed by atoms with Crippen LogP contribution in [0.4, 0.5) is 18.0 Å². The number of carboxylic acid groups (broad SMARTS) is 1. The van der Waals surface area contributed by atoms with Crippen molar-refractivity contribution in [3.8, 4) is 22.3 Å². The number of aryl methyl sites for hydroxylation is 3. The van der Waals surface area contributed by atoms with Crippen LogP contribution >= 0.6 is 0 Å². The number of aromatic nitrogens is 6. The molecule has 0 aliphatic carbocycles. The summed E-state index contributed by atoms with van der Waals surface area (Å²) < 4.78 is 79.7. The van der Waals surface area contributed by atoms with Crippen LogP contribution in [0.1, 0.15) is 50.6 Å². The summed E-state index contributed by atoms with van der Waals surface area (Å²) in [5.74, 6) is -1.11. The van der Waals surface area contributed by atoms with Gasteiger partial charge < -0.3 is 15.2 Å². The summed E-state index contributed by atoms with van der Waals surface area (Å²) in [6.45, 7) is 6.75. The molecule has 0 unspecified atom stereocenters. The predicted octanol–water partition coefficient (Wildman–Crippen LogP) is 5.75. The molecule has 260 valence electrons. The maximum absolute atomic E-state index is 14.4. The number of aliphatic carboxylic acids is 1. The topological polar surface area (TPSA) is 163 Å². The van der Waals surface area contributed by atoms with Gasteiger partial charge in [0.05, 0.1) is 17.1 Å². The minimum Gasteiger partial charge on any atom is -0.481 e. The summed E-state index contributed by atoms with van der Waals surface area (Å²) >= 11 is 0. The van der Waals surface area contributed by atoms with Crippen molar-refractivity contribution in [1.82, 2.24) is 33.8 Å². The number of pyridine rings is 1. The summed E-state index contributed by atoms with van der Waals surface area (Å²) in [6.07, 6.45) is -0.672. The van der Waals surface area contributed by atoms with Gasteiger partial charge in [-0.1, -0.05) is 17.7 Å². The molecule has 1 amide bonds. The molecule has 0 spiro atoms. The Balaban J connectivity index is 1.68. The Morgan fingerprint density at radius 1 is 1.00 bits per heavy atom. The second-order valence-corrected chi connectivity index (χ2v) is 14.2. The van der Waals surface area contributed by atoms with Crippen LogP contribution < -0.4 is 5.32 Å². The zero-order valence-electron chi connectivity index (χ0n) is 27.2. The van der Waals surface area contributed by atoms with Crippen LogP contribution in [-0.4, -0.2) is 59.7 Å². The first-order valence-electron chi connectivity index (χ1n) is 15.0. The minimum atomic E-state index is -4.94. The lowest BCUT2D eigenvalue weighted by Crippen LogP contribution is -2.32. The smallest absolute Gasteiger partial charge is 0.435 e. The van der Waals surface area contributed by atoms with E-state index in [0.29, 0.717) is 16.8 Å². The van der Waals surface area contributed by atoms with Crippen molar-refractivity contribution in [1.29, 1.82) is 0 Å². The lowest BCUT2D eigenvalue weighted by Gasteiger charge is -2.19. The number of rotatable bonds is 10. The molecule has 0 radical (unpaired) electrons. The molecule has 0 bridgehead atoms. The molecular formula is C32H34F3N7O6S. The lowest BCUT2D eigenvalue weighted by molar-refractivity contribution is -0.141. The predicted molar refractivity (Wildman–Crippen MR) is 172 cm³/mol. The van der Waals surface area contributed by atoms with E-state index in [1.807, 2.05) is 0 Å². The number of hydrogen-bond acceptors (Lipinski definition) is 8. The third kappa shape index (κ3) is 7.77. The summed E-state index contributed by atoms with van der Waals surface area (Å²) in [4.78, 5) is 27.7. The number of hydrogen-bond donors (Lipinski definition) is 2. The molecule has 49 heavy (non-hydrogen) atoms. The Morgan fingerprint density at radius 3 is 2.33 bits per heavy atom. The monoisotopic (exact) mass is 701 g/mol. The standard InChI is InChI=1S/C32H34F3N7O6S/c1-19-8-10-21(11-9-19)49(46,47)42-18-24(25-17-41(12-6-7-27(43)44)39-28(25)32(33,34)35)22-13-20(14-36-29(22)42)23-16-40(5)38-26(23)15-37-30(45)48-31(2,3)4/h8-11,13-14,16-18H,6-7,12,15H2,1-5H3,(H,37,45)(H,43,44). The highest BCUT2D eigenvalue weighted by Gasteiger charge is 2.39. The third-order valence-electron chi connectivity index (χ3n) is 7.30. The molecule has 0 atom stereocenters. The fourth-order valence-electron chi connectivity index (χ4n) is 5.16. The number of fused-ring (bicyclic) bond motifs is 1. The Bertz CT molecular complexity index is 2140. The Morgan fingerprint density at radius 2 is 1.69 bits per heavy atom. The summed E-state index contributed by atoms with van der Waals surface area (Å²) in [5.41, 5.74) is -0.621. The van der Waals surface area contributed by atoms with E-state index in [1.165, 1.54) is 29.1 Å². The van der Waals surface area contributed by atoms with Crippen LogP contribution in [0, 0.1) is 6.92 Å². The van der Waals surface area contributed by atoms with Crippen molar-refractivity contribution in [3.05, 3.63) is 72.1 Å². The minimum absolute atomic E-state index is 0.0180. The average Bonchev–Trinajstić information content (AvgIpc) is 3.70. The first-order chi connectivity index (χ1) is 22.8. The maximum Gasteiger partial charge on any atom is 0.435 e. The van der Waals surface area contributed by atoms with Gasteiger partial charge in [0.25, 0.3) is 10.0 Å². The molecule has 13 nitrogen and oxygen atoms in total. The Labute approximate surface area is 279 Å². The van der Waals surface area contributed by atoms with Gasteiger partial charge in [-0.2, -0.15) is 23.4 Å². The number of carbonyl (C=O) groups excluding carboxylic acids is 1. The quantitative estimate of drug-likeness (QED) is 0.185. The van der Waals surface area contributed by atoms with E-state index in [1.54, 1.807) is 53.1 Å². The Hall–Kier alpha value is -5.19. The van der Waals surface area contributed by atoms with Crippen LogP contribution in [0.15, 0.2) is 60.0 Å². The normalized spacial score (nSPS) is 12.4. The first kappa shape index (κ1) is 35.1. The molecule has 0 saturated carbocycles. The van der Waals surface area contributed by atoms with Gasteiger partial charge in [-0.3, -0.25) is 14.2 Å². The summed E-state index contributed by atoms with van der Waals surface area (Å²) in [5, 5.41) is 19.8. The molecule has 2 N–H and O–H groups in total. The molecule has 4 heterocycles. The number of amides is 1. The van der Waals surface area contributed by atoms with Crippen LogP contribution in [0.2, 0.25) is 0 Å². The fourth-order valence-corrected chi connectivity index (χ4v) is 6.48. The number of alkyl carbamates (subject to hydrolysis) is 1. The van der Waals surface area contributed by atoms with E-state index in [9.17, 15) is 31.2 Å². The number of benzene rings is 1. The lowest BCUT2D eigenvalue weighted by atomic mass is 10.0. The highest BCUT2D eigenvalue weighted by molar-refractivity contribution is 7.90. The van der Waals surface area contributed by atoms with Crippen molar-refractivity contribution in [2.24, 2.45) is 7.05 Å². The third-order valence-corrected chi connectivity index (χ3v) is 8.97. The largest absolute Gasteiger partial charge is 0.481 e. The number of nitrogens with zero attached hydrogens (tertiary/aromatic N) is 6. The Kier molecular flexibility index (Phi) is 9.33. The molecule has 5 aromatic rings. The number of halogens is 3. The van der Waals surface area contributed by atoms with E-state index in [-0.39, 0.29) is 47.4 Å². The highest BCUT2D eigenvalue weighted by Crippen LogP contribution is 2.41. The van der Waals surface area contributed by atoms with E-state index < -0.39 is 45.1 Å². The second kappa shape index (κ2) is 13.0. The number of carboxylic acids is 1. The first-order valence-corrected chi connectivity index (χ1v) is 16.5.